The van der Waals surface area contributed by atoms with Crippen LogP contribution in [0, 0.1) is 17.1 Å². The molecule has 0 aliphatic carbocycles. The minimum atomic E-state index is -1.06. The van der Waals surface area contributed by atoms with E-state index in [9.17, 15) is 9.18 Å². The Hall–Kier alpha value is -2.13. The van der Waals surface area contributed by atoms with Crippen LogP contribution in [0.3, 0.4) is 0 Å². The van der Waals surface area contributed by atoms with Crippen molar-refractivity contribution in [3.8, 4) is 6.07 Å². The summed E-state index contributed by atoms with van der Waals surface area (Å²) in [6.07, 6.45) is 0. The van der Waals surface area contributed by atoms with E-state index in [4.69, 9.17) is 15.1 Å². The number of halogens is 1. The first-order valence-corrected chi connectivity index (χ1v) is 5.23. The summed E-state index contributed by atoms with van der Waals surface area (Å²) in [4.78, 5) is 12.1. The van der Waals surface area contributed by atoms with Crippen LogP contribution in [0.4, 0.5) is 10.1 Å². The van der Waals surface area contributed by atoms with Crippen LogP contribution in [-0.2, 0) is 9.53 Å². The third-order valence-corrected chi connectivity index (χ3v) is 2.31. The third-order valence-electron chi connectivity index (χ3n) is 2.31. The number of nitriles is 1. The number of carbonyl (C=O) groups is 1. The predicted molar refractivity (Wildman–Crippen MR) is 62.8 cm³/mol. The molecule has 5 nitrogen and oxygen atoms in total. The first kappa shape index (κ1) is 13.9. The Morgan fingerprint density at radius 2 is 2.33 bits per heavy atom. The Morgan fingerprint density at radius 3 is 2.83 bits per heavy atom. The second-order valence-electron chi connectivity index (χ2n) is 3.59. The Morgan fingerprint density at radius 1 is 1.61 bits per heavy atom. The molecule has 0 bridgehead atoms. The molecule has 1 aromatic rings. The average molecular weight is 252 g/mol. The summed E-state index contributed by atoms with van der Waals surface area (Å²) >= 11 is 0. The molecule has 0 radical (unpaired) electrons. The number of aliphatic carboxylic acids is 1. The van der Waals surface area contributed by atoms with Crippen molar-refractivity contribution in [2.24, 2.45) is 0 Å². The van der Waals surface area contributed by atoms with Gasteiger partial charge in [0.2, 0.25) is 0 Å². The Kier molecular flexibility index (Phi) is 5.08. The second-order valence-corrected chi connectivity index (χ2v) is 3.59. The normalized spacial score (nSPS) is 9.83. The molecule has 0 saturated heterocycles. The van der Waals surface area contributed by atoms with Gasteiger partial charge >= 0.3 is 5.97 Å². The number of hydrogen-bond donors (Lipinski definition) is 1. The van der Waals surface area contributed by atoms with E-state index in [1.165, 1.54) is 24.1 Å². The van der Waals surface area contributed by atoms with Gasteiger partial charge in [0.15, 0.2) is 0 Å². The van der Waals surface area contributed by atoms with Crippen LogP contribution < -0.4 is 4.90 Å². The number of methoxy groups -OCH3 is 1. The molecule has 0 unspecified atom stereocenters. The lowest BCUT2D eigenvalue weighted by atomic mass is 10.2. The van der Waals surface area contributed by atoms with Crippen molar-refractivity contribution >= 4 is 11.7 Å². The van der Waals surface area contributed by atoms with E-state index in [1.54, 1.807) is 0 Å². The molecule has 1 aromatic carbocycles. The van der Waals surface area contributed by atoms with E-state index in [0.29, 0.717) is 0 Å². The van der Waals surface area contributed by atoms with Crippen LogP contribution in [-0.4, -0.2) is 37.9 Å². The minimum absolute atomic E-state index is 0.147. The number of ether oxygens (including phenoxy) is 1. The lowest BCUT2D eigenvalue weighted by molar-refractivity contribution is -0.135. The molecule has 96 valence electrons. The fraction of sp³-hybridized carbons (Fsp3) is 0.333. The average Bonchev–Trinajstić information content (AvgIpc) is 2.34. The van der Waals surface area contributed by atoms with Gasteiger partial charge in [-0.2, -0.15) is 5.26 Å². The van der Waals surface area contributed by atoms with E-state index in [2.05, 4.69) is 0 Å². The maximum atomic E-state index is 13.7. The van der Waals surface area contributed by atoms with Gasteiger partial charge < -0.3 is 14.7 Å². The van der Waals surface area contributed by atoms with Gasteiger partial charge in [0.1, 0.15) is 12.4 Å². The van der Waals surface area contributed by atoms with Gasteiger partial charge in [-0.1, -0.05) is 0 Å². The smallest absolute Gasteiger partial charge is 0.323 e. The van der Waals surface area contributed by atoms with Crippen molar-refractivity contribution in [3.05, 3.63) is 29.6 Å². The standard InChI is InChI=1S/C12H13FN2O3/c1-18-5-4-15(8-12(16)17)11-3-2-9(7-14)6-10(11)13/h2-3,6H,4-5,8H2,1H3,(H,16,17). The van der Waals surface area contributed by atoms with Crippen LogP contribution in [0.25, 0.3) is 0 Å². The predicted octanol–water partition coefficient (Wildman–Crippen LogP) is 1.23. The van der Waals surface area contributed by atoms with Gasteiger partial charge in [-0.05, 0) is 18.2 Å². The third kappa shape index (κ3) is 3.71. The van der Waals surface area contributed by atoms with Crippen LogP contribution in [0.15, 0.2) is 18.2 Å². The van der Waals surface area contributed by atoms with Gasteiger partial charge in [0.05, 0.1) is 23.9 Å². The van der Waals surface area contributed by atoms with Crippen LogP contribution in [0.2, 0.25) is 0 Å². The van der Waals surface area contributed by atoms with Crippen LogP contribution in [0.1, 0.15) is 5.56 Å². The summed E-state index contributed by atoms with van der Waals surface area (Å²) < 4.78 is 18.6. The van der Waals surface area contributed by atoms with E-state index >= 15 is 0 Å². The number of nitrogens with zero attached hydrogens (tertiary/aromatic N) is 2. The number of hydrogen-bond acceptors (Lipinski definition) is 4. The molecule has 0 amide bonds. The molecule has 6 heteroatoms. The van der Waals surface area contributed by atoms with E-state index < -0.39 is 11.8 Å². The topological polar surface area (TPSA) is 73.6 Å². The maximum Gasteiger partial charge on any atom is 0.323 e. The molecule has 0 spiro atoms. The molecule has 0 aromatic heterocycles. The van der Waals surface area contributed by atoms with Crippen molar-refractivity contribution in [1.82, 2.24) is 0 Å². The van der Waals surface area contributed by atoms with Crippen molar-refractivity contribution < 1.29 is 19.0 Å². The fourth-order valence-electron chi connectivity index (χ4n) is 1.48. The summed E-state index contributed by atoms with van der Waals surface area (Å²) in [5, 5.41) is 17.4. The molecule has 1 rings (SSSR count). The minimum Gasteiger partial charge on any atom is -0.480 e. The van der Waals surface area contributed by atoms with Gasteiger partial charge in [0, 0.05) is 13.7 Å². The van der Waals surface area contributed by atoms with Crippen LogP contribution in [0.5, 0.6) is 0 Å². The second kappa shape index (κ2) is 6.57. The molecular formula is C12H13FN2O3. The molecule has 18 heavy (non-hydrogen) atoms. The maximum absolute atomic E-state index is 13.7. The van der Waals surface area contributed by atoms with E-state index in [-0.39, 0.29) is 30.9 Å². The zero-order valence-corrected chi connectivity index (χ0v) is 9.89. The lowest BCUT2D eigenvalue weighted by Crippen LogP contribution is -2.33. The highest BCUT2D eigenvalue weighted by molar-refractivity contribution is 5.74. The van der Waals surface area contributed by atoms with E-state index in [1.807, 2.05) is 6.07 Å². The summed E-state index contributed by atoms with van der Waals surface area (Å²) in [6, 6.07) is 5.74. The monoisotopic (exact) mass is 252 g/mol. The molecule has 0 aliphatic rings. The number of carboxylic acids is 1. The van der Waals surface area contributed by atoms with Crippen molar-refractivity contribution in [3.63, 3.8) is 0 Å². The molecule has 0 fully saturated rings. The highest BCUT2D eigenvalue weighted by atomic mass is 19.1. The molecule has 0 aliphatic heterocycles. The quantitative estimate of drug-likeness (QED) is 0.824. The van der Waals surface area contributed by atoms with Crippen molar-refractivity contribution in [2.45, 2.75) is 0 Å². The van der Waals surface area contributed by atoms with Gasteiger partial charge in [-0.3, -0.25) is 4.79 Å². The first-order valence-electron chi connectivity index (χ1n) is 5.23. The zero-order chi connectivity index (χ0) is 13.5. The number of carboxylic acid groups (broad SMARTS) is 1. The molecular weight excluding hydrogens is 239 g/mol. The zero-order valence-electron chi connectivity index (χ0n) is 9.89. The number of anilines is 1. The van der Waals surface area contributed by atoms with Gasteiger partial charge in [-0.15, -0.1) is 0 Å². The van der Waals surface area contributed by atoms with Crippen molar-refractivity contribution in [2.75, 3.05) is 31.7 Å². The lowest BCUT2D eigenvalue weighted by Gasteiger charge is -2.22. The highest BCUT2D eigenvalue weighted by Crippen LogP contribution is 2.20. The Labute approximate surface area is 104 Å². The Balaban J connectivity index is 2.97. The SMILES string of the molecule is COCCN(CC(=O)O)c1ccc(C#N)cc1F. The number of rotatable bonds is 6. The summed E-state index contributed by atoms with van der Waals surface area (Å²) in [7, 11) is 1.48. The Bertz CT molecular complexity index is 471. The van der Waals surface area contributed by atoms with Crippen LogP contribution >= 0.6 is 0 Å². The van der Waals surface area contributed by atoms with E-state index in [0.717, 1.165) is 6.07 Å². The molecule has 0 saturated carbocycles. The summed E-state index contributed by atoms with van der Waals surface area (Å²) in [5.41, 5.74) is 0.340. The summed E-state index contributed by atoms with van der Waals surface area (Å²) in [5.74, 6) is -1.68. The highest BCUT2D eigenvalue weighted by Gasteiger charge is 2.14. The molecule has 1 N–H and O–H groups in total. The van der Waals surface area contributed by atoms with Gasteiger partial charge in [0.25, 0.3) is 0 Å². The van der Waals surface area contributed by atoms with Crippen molar-refractivity contribution in [1.29, 1.82) is 5.26 Å². The molecule has 0 atom stereocenters. The molecule has 0 heterocycles. The largest absolute Gasteiger partial charge is 0.480 e. The fourth-order valence-corrected chi connectivity index (χ4v) is 1.48. The summed E-state index contributed by atoms with van der Waals surface area (Å²) in [6.45, 7) is 0.213. The number of benzene rings is 1. The first-order chi connectivity index (χ1) is 8.58. The van der Waals surface area contributed by atoms with Gasteiger partial charge in [-0.25, -0.2) is 4.39 Å².